The van der Waals surface area contributed by atoms with Crippen molar-refractivity contribution in [3.8, 4) is 28.4 Å². The number of para-hydroxylation sites is 1. The molecule has 1 aromatic heterocycles. The summed E-state index contributed by atoms with van der Waals surface area (Å²) in [6.07, 6.45) is 3.99. The van der Waals surface area contributed by atoms with Gasteiger partial charge in [-0.25, -0.2) is 0 Å². The fourth-order valence-electron chi connectivity index (χ4n) is 4.80. The van der Waals surface area contributed by atoms with Gasteiger partial charge in [0.2, 0.25) is 5.75 Å². The molecule has 0 saturated heterocycles. The molecule has 0 spiro atoms. The lowest BCUT2D eigenvalue weighted by Crippen LogP contribution is -2.39. The van der Waals surface area contributed by atoms with Crippen LogP contribution < -0.4 is 19.5 Å². The monoisotopic (exact) mass is 532 g/mol. The number of nitrogens with one attached hydrogen (secondary N) is 2. The second kappa shape index (κ2) is 13.2. The molecule has 0 saturated carbocycles. The van der Waals surface area contributed by atoms with E-state index in [1.807, 2.05) is 54.7 Å². The zero-order valence-electron chi connectivity index (χ0n) is 22.9. The Morgan fingerprint density at radius 2 is 1.67 bits per heavy atom. The van der Waals surface area contributed by atoms with Crippen LogP contribution in [0, 0.1) is 0 Å². The standard InChI is InChI=1S/C31H36N2O6/c1-36-11-7-8-20-12-21(22-16-28(37-2)30(39-4)29(17-22)38-3)14-23(13-20)31(35)33-25(19-34)15-24-18-32-27-10-6-5-9-26(24)27/h5-6,9-10,12-14,16-18,25,32,34H,7-8,11,15,19H2,1-4H3,(H,33,35)/t25-/m1/s1. The van der Waals surface area contributed by atoms with Gasteiger partial charge < -0.3 is 34.4 Å². The van der Waals surface area contributed by atoms with Gasteiger partial charge in [0.1, 0.15) is 0 Å². The third kappa shape index (κ3) is 6.53. The van der Waals surface area contributed by atoms with Gasteiger partial charge in [0, 0.05) is 36.4 Å². The smallest absolute Gasteiger partial charge is 0.251 e. The Hall–Kier alpha value is -4.01. The van der Waals surface area contributed by atoms with Crippen molar-refractivity contribution in [2.75, 3.05) is 41.7 Å². The second-order valence-corrected chi connectivity index (χ2v) is 9.35. The molecule has 1 atom stereocenters. The van der Waals surface area contributed by atoms with Crippen LogP contribution >= 0.6 is 0 Å². The highest BCUT2D eigenvalue weighted by Gasteiger charge is 2.19. The number of rotatable bonds is 13. The van der Waals surface area contributed by atoms with Gasteiger partial charge in [0.15, 0.2) is 11.5 Å². The molecule has 39 heavy (non-hydrogen) atoms. The number of hydrogen-bond donors (Lipinski definition) is 3. The molecule has 8 nitrogen and oxygen atoms in total. The summed E-state index contributed by atoms with van der Waals surface area (Å²) in [5.41, 5.74) is 5.23. The summed E-state index contributed by atoms with van der Waals surface area (Å²) in [4.78, 5) is 16.7. The van der Waals surface area contributed by atoms with Crippen LogP contribution in [0.2, 0.25) is 0 Å². The van der Waals surface area contributed by atoms with Gasteiger partial charge in [-0.3, -0.25) is 4.79 Å². The largest absolute Gasteiger partial charge is 0.493 e. The van der Waals surface area contributed by atoms with Crippen molar-refractivity contribution in [1.29, 1.82) is 0 Å². The van der Waals surface area contributed by atoms with Gasteiger partial charge >= 0.3 is 0 Å². The number of aryl methyl sites for hydroxylation is 1. The van der Waals surface area contributed by atoms with E-state index >= 15 is 0 Å². The summed E-state index contributed by atoms with van der Waals surface area (Å²) < 4.78 is 21.8. The number of fused-ring (bicyclic) bond motifs is 1. The van der Waals surface area contributed by atoms with Gasteiger partial charge in [-0.15, -0.1) is 0 Å². The first-order valence-corrected chi connectivity index (χ1v) is 12.9. The molecule has 0 bridgehead atoms. The maximum atomic E-state index is 13.5. The summed E-state index contributed by atoms with van der Waals surface area (Å²) in [6, 6.07) is 17.1. The molecule has 4 aromatic rings. The Kier molecular flexibility index (Phi) is 9.46. The van der Waals surface area contributed by atoms with Gasteiger partial charge in [-0.1, -0.05) is 24.3 Å². The van der Waals surface area contributed by atoms with E-state index < -0.39 is 6.04 Å². The number of methoxy groups -OCH3 is 4. The zero-order valence-corrected chi connectivity index (χ0v) is 22.9. The van der Waals surface area contributed by atoms with Crippen LogP contribution in [0.4, 0.5) is 0 Å². The van der Waals surface area contributed by atoms with Gasteiger partial charge in [-0.2, -0.15) is 0 Å². The van der Waals surface area contributed by atoms with E-state index in [9.17, 15) is 9.90 Å². The predicted octanol–water partition coefficient (Wildman–Crippen LogP) is 4.77. The lowest BCUT2D eigenvalue weighted by molar-refractivity contribution is 0.0916. The number of amides is 1. The summed E-state index contributed by atoms with van der Waals surface area (Å²) >= 11 is 0. The molecule has 1 heterocycles. The molecule has 206 valence electrons. The first-order valence-electron chi connectivity index (χ1n) is 12.9. The average Bonchev–Trinajstić information content (AvgIpc) is 3.38. The maximum absolute atomic E-state index is 13.5. The number of H-pyrrole nitrogens is 1. The average molecular weight is 533 g/mol. The number of aliphatic hydroxyl groups excluding tert-OH is 1. The SMILES string of the molecule is COCCCc1cc(C(=O)N[C@@H](CO)Cc2c[nH]c3ccccc23)cc(-c2cc(OC)c(OC)c(OC)c2)c1. The molecule has 1 amide bonds. The van der Waals surface area contributed by atoms with Crippen LogP contribution in [0.25, 0.3) is 22.0 Å². The fraction of sp³-hybridized carbons (Fsp3) is 0.323. The van der Waals surface area contributed by atoms with Gasteiger partial charge in [0.05, 0.1) is 34.0 Å². The summed E-state index contributed by atoms with van der Waals surface area (Å²) in [7, 11) is 6.38. The van der Waals surface area contributed by atoms with Crippen LogP contribution in [-0.2, 0) is 17.6 Å². The molecule has 0 unspecified atom stereocenters. The predicted molar refractivity (Wildman–Crippen MR) is 152 cm³/mol. The van der Waals surface area contributed by atoms with Crippen molar-refractivity contribution < 1.29 is 28.8 Å². The van der Waals surface area contributed by atoms with E-state index in [4.69, 9.17) is 18.9 Å². The van der Waals surface area contributed by atoms with E-state index in [1.165, 1.54) is 0 Å². The number of hydrogen-bond acceptors (Lipinski definition) is 6. The number of aromatic amines is 1. The van der Waals surface area contributed by atoms with Crippen LogP contribution in [0.15, 0.2) is 60.8 Å². The molecule has 0 aliphatic carbocycles. The number of carbonyl (C=O) groups excluding carboxylic acids is 1. The van der Waals surface area contributed by atoms with E-state index in [0.29, 0.717) is 35.8 Å². The van der Waals surface area contributed by atoms with Crippen LogP contribution in [0.1, 0.15) is 27.9 Å². The van der Waals surface area contributed by atoms with Crippen LogP contribution in [-0.4, -0.2) is 63.7 Å². The van der Waals surface area contributed by atoms with Crippen molar-refractivity contribution in [2.45, 2.75) is 25.3 Å². The molecular weight excluding hydrogens is 496 g/mol. The number of aliphatic hydroxyl groups is 1. The Bertz CT molecular complexity index is 1390. The Labute approximate surface area is 228 Å². The summed E-state index contributed by atoms with van der Waals surface area (Å²) in [5, 5.41) is 14.2. The minimum atomic E-state index is -0.446. The highest BCUT2D eigenvalue weighted by Crippen LogP contribution is 2.41. The quantitative estimate of drug-likeness (QED) is 0.214. The van der Waals surface area contributed by atoms with Gasteiger partial charge in [0.25, 0.3) is 5.91 Å². The number of benzene rings is 3. The molecular formula is C31H36N2O6. The zero-order chi connectivity index (χ0) is 27.8. The van der Waals surface area contributed by atoms with E-state index in [-0.39, 0.29) is 12.5 Å². The first kappa shape index (κ1) is 28.0. The number of ether oxygens (including phenoxy) is 4. The Morgan fingerprint density at radius 1 is 0.949 bits per heavy atom. The normalized spacial score (nSPS) is 11.8. The minimum absolute atomic E-state index is 0.182. The maximum Gasteiger partial charge on any atom is 0.251 e. The van der Waals surface area contributed by atoms with Crippen molar-refractivity contribution in [2.24, 2.45) is 0 Å². The molecule has 0 radical (unpaired) electrons. The third-order valence-corrected chi connectivity index (χ3v) is 6.76. The molecule has 0 aliphatic heterocycles. The first-order chi connectivity index (χ1) is 19.0. The molecule has 0 aliphatic rings. The van der Waals surface area contributed by atoms with E-state index in [0.717, 1.165) is 46.0 Å². The molecule has 0 fully saturated rings. The highest BCUT2D eigenvalue weighted by molar-refractivity contribution is 5.96. The topological polar surface area (TPSA) is 102 Å². The van der Waals surface area contributed by atoms with Crippen LogP contribution in [0.5, 0.6) is 17.2 Å². The number of aromatic nitrogens is 1. The van der Waals surface area contributed by atoms with Crippen molar-refractivity contribution in [3.05, 3.63) is 77.5 Å². The minimum Gasteiger partial charge on any atom is -0.493 e. The Balaban J connectivity index is 1.65. The number of carbonyl (C=O) groups is 1. The summed E-state index contributed by atoms with van der Waals surface area (Å²) in [5.74, 6) is 1.31. The van der Waals surface area contributed by atoms with Crippen molar-refractivity contribution >= 4 is 16.8 Å². The molecule has 3 N–H and O–H groups in total. The van der Waals surface area contributed by atoms with Crippen LogP contribution in [0.3, 0.4) is 0 Å². The van der Waals surface area contributed by atoms with E-state index in [2.05, 4.69) is 16.4 Å². The van der Waals surface area contributed by atoms with E-state index in [1.54, 1.807) is 28.4 Å². The molecule has 4 rings (SSSR count). The molecule has 3 aromatic carbocycles. The fourth-order valence-corrected chi connectivity index (χ4v) is 4.80. The lowest BCUT2D eigenvalue weighted by Gasteiger charge is -2.18. The molecule has 8 heteroatoms. The lowest BCUT2D eigenvalue weighted by atomic mass is 9.96. The Morgan fingerprint density at radius 3 is 2.33 bits per heavy atom. The third-order valence-electron chi connectivity index (χ3n) is 6.76. The summed E-state index contributed by atoms with van der Waals surface area (Å²) in [6.45, 7) is 0.436. The highest BCUT2D eigenvalue weighted by atomic mass is 16.5. The van der Waals surface area contributed by atoms with Gasteiger partial charge in [-0.05, 0) is 71.8 Å². The second-order valence-electron chi connectivity index (χ2n) is 9.35. The van der Waals surface area contributed by atoms with Crippen molar-refractivity contribution in [3.63, 3.8) is 0 Å². The van der Waals surface area contributed by atoms with Crippen molar-refractivity contribution in [1.82, 2.24) is 10.3 Å².